The molecule has 1 saturated heterocycles. The lowest BCUT2D eigenvalue weighted by Crippen LogP contribution is -2.30. The van der Waals surface area contributed by atoms with Gasteiger partial charge in [0.05, 0.1) is 6.26 Å². The number of unbranched alkanes of at least 4 members (excludes halogenated alkanes) is 1. The van der Waals surface area contributed by atoms with Gasteiger partial charge < -0.3 is 4.90 Å². The van der Waals surface area contributed by atoms with E-state index < -0.39 is 10.0 Å². The first-order chi connectivity index (χ1) is 10.0. The Morgan fingerprint density at radius 3 is 2.33 bits per heavy atom. The summed E-state index contributed by atoms with van der Waals surface area (Å²) < 4.78 is 24.7. The SMILES string of the molecule is CS(=O)(=O)Nc1ccc(CCCCN2CCCCC2)cc1. The first-order valence-electron chi connectivity index (χ1n) is 7.82. The molecule has 4 nitrogen and oxygen atoms in total. The normalized spacial score (nSPS) is 16.8. The Morgan fingerprint density at radius 2 is 1.71 bits per heavy atom. The van der Waals surface area contributed by atoms with Crippen molar-refractivity contribution in [3.8, 4) is 0 Å². The second kappa shape index (κ2) is 7.80. The Balaban J connectivity index is 1.68. The van der Waals surface area contributed by atoms with Gasteiger partial charge in [-0.1, -0.05) is 18.6 Å². The maximum atomic E-state index is 11.1. The summed E-state index contributed by atoms with van der Waals surface area (Å²) in [6, 6.07) is 7.69. The number of piperidine rings is 1. The van der Waals surface area contributed by atoms with E-state index in [4.69, 9.17) is 0 Å². The summed E-state index contributed by atoms with van der Waals surface area (Å²) in [6.45, 7) is 3.76. The molecule has 0 unspecified atom stereocenters. The van der Waals surface area contributed by atoms with Crippen LogP contribution in [-0.2, 0) is 16.4 Å². The lowest BCUT2D eigenvalue weighted by Gasteiger charge is -2.26. The predicted octanol–water partition coefficient (Wildman–Crippen LogP) is 2.87. The molecule has 0 amide bonds. The molecule has 1 aromatic carbocycles. The minimum absolute atomic E-state index is 0.634. The summed E-state index contributed by atoms with van der Waals surface area (Å²) in [4.78, 5) is 2.57. The molecular weight excluding hydrogens is 284 g/mol. The molecule has 1 N–H and O–H groups in total. The largest absolute Gasteiger partial charge is 0.303 e. The van der Waals surface area contributed by atoms with E-state index in [2.05, 4.69) is 9.62 Å². The molecule has 0 aromatic heterocycles. The van der Waals surface area contributed by atoms with Crippen LogP contribution in [0.1, 0.15) is 37.7 Å². The molecule has 0 spiro atoms. The van der Waals surface area contributed by atoms with Crippen molar-refractivity contribution in [3.05, 3.63) is 29.8 Å². The number of nitrogens with zero attached hydrogens (tertiary/aromatic N) is 1. The number of hydrogen-bond donors (Lipinski definition) is 1. The third kappa shape index (κ3) is 6.48. The van der Waals surface area contributed by atoms with E-state index in [-0.39, 0.29) is 0 Å². The zero-order valence-electron chi connectivity index (χ0n) is 12.8. The van der Waals surface area contributed by atoms with E-state index in [0.717, 1.165) is 6.42 Å². The monoisotopic (exact) mass is 310 g/mol. The average molecular weight is 310 g/mol. The molecule has 0 bridgehead atoms. The van der Waals surface area contributed by atoms with Crippen molar-refractivity contribution >= 4 is 15.7 Å². The quantitative estimate of drug-likeness (QED) is 0.788. The smallest absolute Gasteiger partial charge is 0.229 e. The van der Waals surface area contributed by atoms with Crippen molar-refractivity contribution in [2.45, 2.75) is 38.5 Å². The highest BCUT2D eigenvalue weighted by Gasteiger charge is 2.08. The first kappa shape index (κ1) is 16.3. The van der Waals surface area contributed by atoms with Crippen molar-refractivity contribution in [2.24, 2.45) is 0 Å². The van der Waals surface area contributed by atoms with E-state index in [0.29, 0.717) is 5.69 Å². The summed E-state index contributed by atoms with van der Waals surface area (Å²) in [5.41, 5.74) is 1.90. The summed E-state index contributed by atoms with van der Waals surface area (Å²) in [7, 11) is -3.18. The van der Waals surface area contributed by atoms with Crippen LogP contribution >= 0.6 is 0 Å². The van der Waals surface area contributed by atoms with Gasteiger partial charge in [0.15, 0.2) is 0 Å². The van der Waals surface area contributed by atoms with Crippen molar-refractivity contribution in [1.82, 2.24) is 4.90 Å². The Kier molecular flexibility index (Phi) is 6.06. The van der Waals surface area contributed by atoms with Crippen molar-refractivity contribution in [3.63, 3.8) is 0 Å². The molecule has 1 aromatic rings. The highest BCUT2D eigenvalue weighted by Crippen LogP contribution is 2.14. The molecule has 5 heteroatoms. The molecule has 1 aliphatic rings. The summed E-state index contributed by atoms with van der Waals surface area (Å²) in [6.07, 6.45) is 8.77. The number of anilines is 1. The number of likely N-dealkylation sites (tertiary alicyclic amines) is 1. The molecule has 1 aliphatic heterocycles. The van der Waals surface area contributed by atoms with Crippen LogP contribution in [0.4, 0.5) is 5.69 Å². The molecule has 118 valence electrons. The fourth-order valence-corrected chi connectivity index (χ4v) is 3.37. The number of aryl methyl sites for hydroxylation is 1. The highest BCUT2D eigenvalue weighted by atomic mass is 32.2. The van der Waals surface area contributed by atoms with Gasteiger partial charge in [0, 0.05) is 5.69 Å². The van der Waals surface area contributed by atoms with Gasteiger partial charge in [-0.3, -0.25) is 4.72 Å². The van der Waals surface area contributed by atoms with Crippen LogP contribution in [-0.4, -0.2) is 39.2 Å². The molecule has 0 aliphatic carbocycles. The van der Waals surface area contributed by atoms with Crippen molar-refractivity contribution in [1.29, 1.82) is 0 Å². The minimum atomic E-state index is -3.18. The highest BCUT2D eigenvalue weighted by molar-refractivity contribution is 7.92. The second-order valence-corrected chi connectivity index (χ2v) is 7.68. The maximum absolute atomic E-state index is 11.1. The summed E-state index contributed by atoms with van der Waals surface area (Å²) in [5.74, 6) is 0. The van der Waals surface area contributed by atoms with E-state index >= 15 is 0 Å². The molecule has 0 atom stereocenters. The van der Waals surface area contributed by atoms with Crippen LogP contribution < -0.4 is 4.72 Å². The van der Waals surface area contributed by atoms with Crippen LogP contribution in [0.25, 0.3) is 0 Å². The van der Waals surface area contributed by atoms with Crippen LogP contribution in [0.3, 0.4) is 0 Å². The van der Waals surface area contributed by atoms with E-state index in [1.54, 1.807) is 0 Å². The summed E-state index contributed by atoms with van der Waals surface area (Å²) >= 11 is 0. The van der Waals surface area contributed by atoms with E-state index in [1.165, 1.54) is 63.6 Å². The maximum Gasteiger partial charge on any atom is 0.229 e. The second-order valence-electron chi connectivity index (χ2n) is 5.93. The molecular formula is C16H26N2O2S. The zero-order chi connectivity index (χ0) is 15.1. The Labute approximate surface area is 128 Å². The third-order valence-electron chi connectivity index (χ3n) is 3.90. The predicted molar refractivity (Wildman–Crippen MR) is 88.1 cm³/mol. The van der Waals surface area contributed by atoms with Gasteiger partial charge in [-0.05, 0) is 69.4 Å². The fraction of sp³-hybridized carbons (Fsp3) is 0.625. The molecule has 0 radical (unpaired) electrons. The summed E-state index contributed by atoms with van der Waals surface area (Å²) in [5, 5.41) is 0. The third-order valence-corrected chi connectivity index (χ3v) is 4.50. The molecule has 1 fully saturated rings. The standard InChI is InChI=1S/C16H26N2O2S/c1-21(19,20)17-16-10-8-15(9-11-16)7-3-6-14-18-12-4-2-5-13-18/h8-11,17H,2-7,12-14H2,1H3. The van der Waals surface area contributed by atoms with E-state index in [9.17, 15) is 8.42 Å². The van der Waals surface area contributed by atoms with Gasteiger partial charge in [-0.15, -0.1) is 0 Å². The van der Waals surface area contributed by atoms with Gasteiger partial charge >= 0.3 is 0 Å². The van der Waals surface area contributed by atoms with Crippen LogP contribution in [0.2, 0.25) is 0 Å². The van der Waals surface area contributed by atoms with Crippen molar-refractivity contribution in [2.75, 3.05) is 30.6 Å². The molecule has 1 heterocycles. The Hall–Kier alpha value is -1.07. The molecule has 0 saturated carbocycles. The van der Waals surface area contributed by atoms with Gasteiger partial charge in [0.25, 0.3) is 0 Å². The molecule has 2 rings (SSSR count). The zero-order valence-corrected chi connectivity index (χ0v) is 13.7. The van der Waals surface area contributed by atoms with Crippen LogP contribution in [0.15, 0.2) is 24.3 Å². The number of nitrogens with one attached hydrogen (secondary N) is 1. The first-order valence-corrected chi connectivity index (χ1v) is 9.71. The number of rotatable bonds is 7. The number of hydrogen-bond acceptors (Lipinski definition) is 3. The Morgan fingerprint density at radius 1 is 1.05 bits per heavy atom. The number of sulfonamides is 1. The lowest BCUT2D eigenvalue weighted by molar-refractivity contribution is 0.225. The Bertz CT molecular complexity index is 520. The lowest BCUT2D eigenvalue weighted by atomic mass is 10.1. The topological polar surface area (TPSA) is 49.4 Å². The van der Waals surface area contributed by atoms with Gasteiger partial charge in [0.2, 0.25) is 10.0 Å². The average Bonchev–Trinajstić information content (AvgIpc) is 2.45. The van der Waals surface area contributed by atoms with Gasteiger partial charge in [-0.2, -0.15) is 0 Å². The number of benzene rings is 1. The fourth-order valence-electron chi connectivity index (χ4n) is 2.80. The van der Waals surface area contributed by atoms with Gasteiger partial charge in [0.1, 0.15) is 0 Å². The van der Waals surface area contributed by atoms with Crippen molar-refractivity contribution < 1.29 is 8.42 Å². The minimum Gasteiger partial charge on any atom is -0.303 e. The van der Waals surface area contributed by atoms with E-state index in [1.807, 2.05) is 24.3 Å². The van der Waals surface area contributed by atoms with Crippen LogP contribution in [0.5, 0.6) is 0 Å². The molecule has 21 heavy (non-hydrogen) atoms. The van der Waals surface area contributed by atoms with Gasteiger partial charge in [-0.25, -0.2) is 8.42 Å². The van der Waals surface area contributed by atoms with Crippen LogP contribution in [0, 0.1) is 0 Å².